The van der Waals surface area contributed by atoms with Gasteiger partial charge < -0.3 is 4.98 Å². The molecule has 2 aliphatic heterocycles. The Hall–Kier alpha value is -3.75. The van der Waals surface area contributed by atoms with E-state index in [2.05, 4.69) is 15.0 Å². The minimum atomic E-state index is -1.79. The van der Waals surface area contributed by atoms with E-state index in [0.717, 1.165) is 12.1 Å². The molecule has 29 heavy (non-hydrogen) atoms. The maximum absolute atomic E-state index is 14.8. The van der Waals surface area contributed by atoms with Crippen molar-refractivity contribution in [2.45, 2.75) is 0 Å². The molecule has 4 nitrogen and oxygen atoms in total. The molecule has 0 amide bonds. The molecule has 144 valence electrons. The Labute approximate surface area is 159 Å². The van der Waals surface area contributed by atoms with Crippen LogP contribution in [0.15, 0.2) is 30.3 Å². The van der Waals surface area contributed by atoms with Gasteiger partial charge in [0.15, 0.2) is 28.8 Å². The third-order valence-corrected chi connectivity index (χ3v) is 4.50. The summed E-state index contributed by atoms with van der Waals surface area (Å²) in [5, 5.41) is 0. The van der Waals surface area contributed by atoms with Gasteiger partial charge in [-0.2, -0.15) is 4.79 Å². The quantitative estimate of drug-likeness (QED) is 0.392. The second-order valence-electron chi connectivity index (χ2n) is 6.43. The molecule has 0 saturated carbocycles. The van der Waals surface area contributed by atoms with Crippen molar-refractivity contribution in [3.63, 3.8) is 0 Å². The molecule has 0 aromatic carbocycles. The highest BCUT2D eigenvalue weighted by molar-refractivity contribution is 5.82. The van der Waals surface area contributed by atoms with Gasteiger partial charge in [0.2, 0.25) is 0 Å². The zero-order valence-corrected chi connectivity index (χ0v) is 14.4. The zero-order valence-electron chi connectivity index (χ0n) is 14.4. The largest absolute Gasteiger partial charge is 0.355 e. The highest BCUT2D eigenvalue weighted by Crippen LogP contribution is 2.30. The van der Waals surface area contributed by atoms with Crippen molar-refractivity contribution in [1.29, 1.82) is 0 Å². The Kier molecular flexibility index (Phi) is 3.67. The van der Waals surface area contributed by atoms with Gasteiger partial charge in [0, 0.05) is 17.1 Å². The molecule has 5 rings (SSSR count). The van der Waals surface area contributed by atoms with Crippen molar-refractivity contribution in [2.24, 2.45) is 0 Å². The summed E-state index contributed by atoms with van der Waals surface area (Å²) in [6, 6.07) is 7.46. The highest BCUT2D eigenvalue weighted by atomic mass is 19.2. The average Bonchev–Trinajstić information content (AvgIpc) is 3.42. The maximum Gasteiger partial charge on any atom is 0.190 e. The van der Waals surface area contributed by atoms with Gasteiger partial charge in [0.25, 0.3) is 0 Å². The second-order valence-corrected chi connectivity index (χ2v) is 6.43. The molecule has 3 aromatic heterocycles. The molecule has 0 atom stereocenters. The molecule has 0 saturated heterocycles. The first-order valence-corrected chi connectivity index (χ1v) is 8.40. The van der Waals surface area contributed by atoms with E-state index in [4.69, 9.17) is 0 Å². The number of fused-ring (bicyclic) bond motifs is 8. The number of aromatic amines is 1. The predicted octanol–water partition coefficient (Wildman–Crippen LogP) is 5.58. The summed E-state index contributed by atoms with van der Waals surface area (Å²) >= 11 is 0. The predicted molar refractivity (Wildman–Crippen MR) is 98.9 cm³/mol. The molecule has 0 radical (unpaired) electrons. The normalized spacial score (nSPS) is 13.1. The van der Waals surface area contributed by atoms with Crippen LogP contribution in [0.2, 0.25) is 0 Å². The van der Waals surface area contributed by atoms with Crippen molar-refractivity contribution in [3.8, 4) is 0 Å². The summed E-state index contributed by atoms with van der Waals surface area (Å²) in [4.78, 5) is 10.5. The maximum atomic E-state index is 14.8. The van der Waals surface area contributed by atoms with Crippen LogP contribution in [0.1, 0.15) is 22.8 Å². The minimum Gasteiger partial charge on any atom is -0.355 e. The van der Waals surface area contributed by atoms with E-state index in [0.29, 0.717) is 16.7 Å². The van der Waals surface area contributed by atoms with Crippen LogP contribution in [0.4, 0.5) is 22.0 Å². The van der Waals surface area contributed by atoms with Crippen LogP contribution in [-0.2, 0) is 0 Å². The fraction of sp³-hybridized carbons (Fsp3) is 0. The molecule has 0 unspecified atom stereocenters. The number of aromatic nitrogens is 4. The Bertz CT molecular complexity index is 1410. The first-order chi connectivity index (χ1) is 13.9. The third kappa shape index (κ3) is 2.74. The minimum absolute atomic E-state index is 0.0199. The van der Waals surface area contributed by atoms with Crippen LogP contribution < -0.4 is 0 Å². The third-order valence-electron chi connectivity index (χ3n) is 4.50. The highest BCUT2D eigenvalue weighted by Gasteiger charge is 2.25. The summed E-state index contributed by atoms with van der Waals surface area (Å²) in [5.41, 5.74) is -1.36. The van der Waals surface area contributed by atoms with E-state index in [1.54, 1.807) is 24.3 Å². The summed E-state index contributed by atoms with van der Waals surface area (Å²) in [6.45, 7) is 0. The van der Waals surface area contributed by atoms with E-state index in [9.17, 15) is 22.0 Å². The molecular weight excluding hydrogens is 391 g/mol. The summed E-state index contributed by atoms with van der Waals surface area (Å²) in [6.07, 6.45) is 3.98. The second kappa shape index (κ2) is 6.13. The van der Waals surface area contributed by atoms with Gasteiger partial charge in [-0.15, -0.1) is 0 Å². The number of rotatable bonds is 0. The van der Waals surface area contributed by atoms with Gasteiger partial charge in [-0.05, 0) is 42.5 Å². The van der Waals surface area contributed by atoms with Gasteiger partial charge in [-0.1, -0.05) is 4.48 Å². The Morgan fingerprint density at radius 3 is 2.14 bits per heavy atom. The first kappa shape index (κ1) is 17.4. The van der Waals surface area contributed by atoms with Gasteiger partial charge in [-0.25, -0.2) is 27.5 Å². The van der Waals surface area contributed by atoms with Crippen LogP contribution in [0.25, 0.3) is 46.1 Å². The Morgan fingerprint density at radius 2 is 1.41 bits per heavy atom. The van der Waals surface area contributed by atoms with Gasteiger partial charge in [0.1, 0.15) is 11.2 Å². The monoisotopic (exact) mass is 400 g/mol. The average molecular weight is 400 g/mol. The van der Waals surface area contributed by atoms with Crippen LogP contribution in [0.5, 0.6) is 0 Å². The van der Waals surface area contributed by atoms with Crippen molar-refractivity contribution >= 4 is 46.1 Å². The molecule has 8 bridgehead atoms. The summed E-state index contributed by atoms with van der Waals surface area (Å²) in [7, 11) is 0. The fourth-order valence-corrected chi connectivity index (χ4v) is 3.18. The van der Waals surface area contributed by atoms with Crippen LogP contribution in [0, 0.1) is 17.5 Å². The summed E-state index contributed by atoms with van der Waals surface area (Å²) < 4.78 is 72.2. The lowest BCUT2D eigenvalue weighted by atomic mass is 10.3. The van der Waals surface area contributed by atoms with E-state index in [1.807, 2.05) is 0 Å². The molecule has 5 heterocycles. The molecule has 1 N–H and O–H groups in total. The lowest BCUT2D eigenvalue weighted by Crippen LogP contribution is -1.91. The van der Waals surface area contributed by atoms with Crippen molar-refractivity contribution < 1.29 is 22.0 Å². The number of hydrogen-bond donors (Lipinski definition) is 1. The van der Waals surface area contributed by atoms with Crippen molar-refractivity contribution in [3.05, 3.63) is 70.6 Å². The number of nitrogens with zero attached hydrogens (tertiary/aromatic N) is 3. The van der Waals surface area contributed by atoms with E-state index in [-0.39, 0.29) is 11.4 Å². The molecule has 0 fully saturated rings. The molecule has 0 aliphatic carbocycles. The van der Waals surface area contributed by atoms with Gasteiger partial charge >= 0.3 is 0 Å². The van der Waals surface area contributed by atoms with Crippen LogP contribution in [-0.4, -0.2) is 19.7 Å². The van der Waals surface area contributed by atoms with Crippen molar-refractivity contribution in [2.75, 3.05) is 0 Å². The molecule has 9 heteroatoms. The van der Waals surface area contributed by atoms with Gasteiger partial charge in [0.05, 0.1) is 17.1 Å². The van der Waals surface area contributed by atoms with Crippen LogP contribution in [0.3, 0.4) is 0 Å². The van der Waals surface area contributed by atoms with Crippen LogP contribution >= 0.6 is 0 Å². The van der Waals surface area contributed by atoms with E-state index in [1.165, 1.54) is 12.1 Å². The Morgan fingerprint density at radius 1 is 0.759 bits per heavy atom. The SMILES string of the molecule is FC1=Cc2cc3ccc(cc4nc(cc5c(F)c(F)c(c(F)c1n2)n5F)C=C4)[nH]3. The topological polar surface area (TPSA) is 46.5 Å². The molecule has 0 spiro atoms. The lowest BCUT2D eigenvalue weighted by molar-refractivity contribution is 0.393. The van der Waals surface area contributed by atoms with E-state index < -0.39 is 44.8 Å². The summed E-state index contributed by atoms with van der Waals surface area (Å²) in [5.74, 6) is -6.21. The first-order valence-electron chi connectivity index (χ1n) is 8.40. The molecule has 2 aliphatic rings. The van der Waals surface area contributed by atoms with Gasteiger partial charge in [-0.3, -0.25) is 0 Å². The zero-order chi connectivity index (χ0) is 20.3. The standard InChI is InChI=1S/C20H9F5N4/c21-14-7-13-6-11-2-1-9(26-11)5-10-3-4-12(27-10)8-15-16(22)17(23)20(29(15)25)18(24)19(14)28-13/h1-8,26H. The molecular formula is C20H9F5N4. The Balaban J connectivity index is 1.99. The van der Waals surface area contributed by atoms with Crippen molar-refractivity contribution in [1.82, 2.24) is 19.7 Å². The lowest BCUT2D eigenvalue weighted by Gasteiger charge is -1.95. The smallest absolute Gasteiger partial charge is 0.190 e. The number of H-pyrrole nitrogens is 1. The number of halogens is 5. The fourth-order valence-electron chi connectivity index (χ4n) is 3.18. The number of hydrogen-bond acceptors (Lipinski definition) is 2. The van der Waals surface area contributed by atoms with E-state index >= 15 is 0 Å². The number of nitrogens with one attached hydrogen (secondary N) is 1. The molecule has 3 aromatic rings.